The van der Waals surface area contributed by atoms with Crippen LogP contribution in [0.1, 0.15) is 87.1 Å². The van der Waals surface area contributed by atoms with Crippen LogP contribution in [0.15, 0.2) is 48.5 Å². The summed E-state index contributed by atoms with van der Waals surface area (Å²) in [5.74, 6) is 0.259. The van der Waals surface area contributed by atoms with E-state index in [0.717, 1.165) is 37.1 Å². The van der Waals surface area contributed by atoms with Crippen molar-refractivity contribution in [3.05, 3.63) is 59.1 Å². The van der Waals surface area contributed by atoms with Crippen LogP contribution in [0.25, 0.3) is 0 Å². The lowest BCUT2D eigenvalue weighted by atomic mass is 9.94. The Balaban J connectivity index is -0.000000212. The minimum absolute atomic E-state index is 0.486. The van der Waals surface area contributed by atoms with Crippen LogP contribution in [0.5, 0.6) is 0 Å². The predicted octanol–water partition coefficient (Wildman–Crippen LogP) is 10.9. The third kappa shape index (κ3) is 33.2. The molecule has 2 unspecified atom stereocenters. The molecule has 1 rings (SSSR count). The quantitative estimate of drug-likeness (QED) is 0.194. The van der Waals surface area contributed by atoms with E-state index in [2.05, 4.69) is 51.0 Å². The topological polar surface area (TPSA) is 46.3 Å². The van der Waals surface area contributed by atoms with Crippen LogP contribution in [-0.4, -0.2) is 42.4 Å². The Bertz CT molecular complexity index is 696. The lowest BCUT2D eigenvalue weighted by molar-refractivity contribution is -0.168. The number of hydrogen-bond donors (Lipinski definition) is 1. The fourth-order valence-corrected chi connectivity index (χ4v) is 3.16. The molecule has 40 heavy (non-hydrogen) atoms. The molecule has 0 spiro atoms. The summed E-state index contributed by atoms with van der Waals surface area (Å²) < 4.78 is 32.5. The summed E-state index contributed by atoms with van der Waals surface area (Å²) in [4.78, 5) is 11.8. The van der Waals surface area contributed by atoms with E-state index in [9.17, 15) is 18.0 Å². The van der Waals surface area contributed by atoms with Crippen LogP contribution in [0.2, 0.25) is 5.02 Å². The highest BCUT2D eigenvalue weighted by atomic mass is 35.5. The average Bonchev–Trinajstić information content (AvgIpc) is 2.94. The van der Waals surface area contributed by atoms with Crippen LogP contribution in [-0.2, 0) is 11.3 Å². The second-order valence-electron chi connectivity index (χ2n) is 8.27. The van der Waals surface area contributed by atoms with Gasteiger partial charge in [0.1, 0.15) is 0 Å². The standard InChI is InChI=1S/C20H32Cl2N2.C3H3F3O.C2H5Cl.2C2H6.C2H4/c1-4-18(12-23)6-5-16(2)13-24(14-17(3)11-21)15-19-7-9-20(22)10-8-19;1-2(7)3(4,5)6;1-2-3;3*1-2/h7-11,16,18H,4-6,12-15,23H2,1-3H3;1H3;2H2,1H3;2*1-2H3;1-2H2/b17-11-;;;;;. The van der Waals surface area contributed by atoms with Crippen LogP contribution in [0.4, 0.5) is 13.2 Å². The maximum absolute atomic E-state index is 10.8. The summed E-state index contributed by atoms with van der Waals surface area (Å²) >= 11 is 16.9. The Morgan fingerprint density at radius 2 is 1.48 bits per heavy atom. The first kappa shape index (κ1) is 48.7. The Morgan fingerprint density at radius 3 is 1.80 bits per heavy atom. The molecule has 0 heterocycles. The summed E-state index contributed by atoms with van der Waals surface area (Å²) in [6.07, 6.45) is -1.03. The number of nitrogens with zero attached hydrogens (tertiary/aromatic N) is 1. The first-order chi connectivity index (χ1) is 18.8. The zero-order valence-electron chi connectivity index (χ0n) is 26.3. The monoisotopic (exact) mass is 634 g/mol. The first-order valence-corrected chi connectivity index (χ1v) is 15.3. The Morgan fingerprint density at radius 1 is 1.05 bits per heavy atom. The maximum atomic E-state index is 10.8. The van der Waals surface area contributed by atoms with Gasteiger partial charge in [-0.05, 0) is 61.4 Å². The number of carbonyl (C=O) groups is 1. The zero-order valence-corrected chi connectivity index (χ0v) is 28.6. The molecule has 1 aromatic carbocycles. The largest absolute Gasteiger partial charge is 0.449 e. The second-order valence-corrected chi connectivity index (χ2v) is 9.45. The van der Waals surface area contributed by atoms with Crippen molar-refractivity contribution in [3.8, 4) is 0 Å². The molecule has 238 valence electrons. The normalized spacial score (nSPS) is 11.8. The predicted molar refractivity (Wildman–Crippen MR) is 175 cm³/mol. The minimum Gasteiger partial charge on any atom is -0.330 e. The fraction of sp³-hybridized carbons (Fsp3) is 0.645. The van der Waals surface area contributed by atoms with Crippen molar-refractivity contribution in [1.82, 2.24) is 4.90 Å². The Kier molecular flexibility index (Phi) is 41.6. The molecule has 2 N–H and O–H groups in total. The maximum Gasteiger partial charge on any atom is 0.449 e. The number of benzene rings is 1. The Hall–Kier alpha value is -1.05. The first-order valence-electron chi connectivity index (χ1n) is 13.9. The summed E-state index contributed by atoms with van der Waals surface area (Å²) in [7, 11) is 0. The molecule has 0 radical (unpaired) electrons. The number of hydrogen-bond acceptors (Lipinski definition) is 3. The third-order valence-electron chi connectivity index (χ3n) is 4.93. The molecular weight excluding hydrogens is 580 g/mol. The van der Waals surface area contributed by atoms with Crippen molar-refractivity contribution in [3.63, 3.8) is 0 Å². The summed E-state index contributed by atoms with van der Waals surface area (Å²) in [5, 5.41) is 0.780. The van der Waals surface area contributed by atoms with Crippen molar-refractivity contribution in [2.24, 2.45) is 17.6 Å². The van der Waals surface area contributed by atoms with Gasteiger partial charge in [-0.2, -0.15) is 13.2 Å². The van der Waals surface area contributed by atoms with Gasteiger partial charge in [-0.1, -0.05) is 90.2 Å². The van der Waals surface area contributed by atoms with Gasteiger partial charge in [0.05, 0.1) is 0 Å². The molecule has 0 amide bonds. The number of nitrogens with two attached hydrogens (primary N) is 1. The van der Waals surface area contributed by atoms with E-state index < -0.39 is 12.0 Å². The van der Waals surface area contributed by atoms with Crippen LogP contribution < -0.4 is 5.73 Å². The lowest BCUT2D eigenvalue weighted by Crippen LogP contribution is -2.30. The molecule has 0 saturated heterocycles. The van der Waals surface area contributed by atoms with Crippen molar-refractivity contribution in [2.45, 2.75) is 94.3 Å². The van der Waals surface area contributed by atoms with E-state index in [1.54, 1.807) is 5.54 Å². The smallest absolute Gasteiger partial charge is 0.330 e. The fourth-order valence-electron chi connectivity index (χ4n) is 2.96. The van der Waals surface area contributed by atoms with E-state index in [4.69, 9.17) is 40.5 Å². The summed E-state index contributed by atoms with van der Waals surface area (Å²) in [5.41, 5.74) is 9.97. The molecule has 0 bridgehead atoms. The van der Waals surface area contributed by atoms with Crippen molar-refractivity contribution in [2.75, 3.05) is 25.5 Å². The summed E-state index contributed by atoms with van der Waals surface area (Å²) in [6, 6.07) is 8.11. The SMILES string of the molecule is C=C.CC.CC.CC(=O)C(F)(F)F.CCC(CN)CCC(C)CN(C/C(C)=C\Cl)Cc1ccc(Cl)cc1.CCCl. The molecule has 0 aliphatic heterocycles. The number of carbonyl (C=O) groups excluding carboxylic acids is 1. The van der Waals surface area contributed by atoms with Crippen molar-refractivity contribution in [1.29, 1.82) is 0 Å². The highest BCUT2D eigenvalue weighted by Crippen LogP contribution is 2.19. The number of Topliss-reactive ketones (excluding diaryl/α,β-unsaturated/α-hetero) is 1. The number of rotatable bonds is 11. The van der Waals surface area contributed by atoms with Gasteiger partial charge >= 0.3 is 6.18 Å². The van der Waals surface area contributed by atoms with E-state index >= 15 is 0 Å². The van der Waals surface area contributed by atoms with E-state index in [1.165, 1.54) is 30.4 Å². The van der Waals surface area contributed by atoms with Gasteiger partial charge in [-0.15, -0.1) is 24.8 Å². The highest BCUT2D eigenvalue weighted by molar-refractivity contribution is 6.30. The molecular formula is C31H56Cl3F3N2O. The van der Waals surface area contributed by atoms with Gasteiger partial charge in [0.25, 0.3) is 0 Å². The van der Waals surface area contributed by atoms with E-state index in [-0.39, 0.29) is 0 Å². The van der Waals surface area contributed by atoms with Gasteiger partial charge in [0.15, 0.2) is 0 Å². The molecule has 2 atom stereocenters. The molecule has 9 heteroatoms. The number of halogens is 6. The van der Waals surface area contributed by atoms with Crippen LogP contribution >= 0.6 is 34.8 Å². The Labute approximate surface area is 259 Å². The highest BCUT2D eigenvalue weighted by Gasteiger charge is 2.33. The average molecular weight is 636 g/mol. The van der Waals surface area contributed by atoms with E-state index in [0.29, 0.717) is 18.8 Å². The van der Waals surface area contributed by atoms with Crippen molar-refractivity contribution >= 4 is 40.6 Å². The molecule has 0 saturated carbocycles. The van der Waals surface area contributed by atoms with Gasteiger partial charge < -0.3 is 5.73 Å². The van der Waals surface area contributed by atoms with E-state index in [1.807, 2.05) is 46.8 Å². The minimum atomic E-state index is -4.64. The molecule has 1 aromatic rings. The number of alkyl halides is 4. The van der Waals surface area contributed by atoms with Gasteiger partial charge in [-0.25, -0.2) is 0 Å². The van der Waals surface area contributed by atoms with Gasteiger partial charge in [0.2, 0.25) is 5.78 Å². The molecule has 0 aliphatic rings. The number of ketones is 1. The molecule has 0 aromatic heterocycles. The van der Waals surface area contributed by atoms with Crippen LogP contribution in [0.3, 0.4) is 0 Å². The van der Waals surface area contributed by atoms with Crippen LogP contribution in [0, 0.1) is 11.8 Å². The zero-order chi connectivity index (χ0) is 32.7. The second kappa shape index (κ2) is 34.2. The summed E-state index contributed by atoms with van der Waals surface area (Å²) in [6.45, 7) is 26.7. The lowest BCUT2D eigenvalue weighted by Gasteiger charge is -2.27. The van der Waals surface area contributed by atoms with Gasteiger partial charge in [-0.3, -0.25) is 9.69 Å². The molecule has 0 aliphatic carbocycles. The molecule has 0 fully saturated rings. The third-order valence-corrected chi connectivity index (χ3v) is 5.55. The van der Waals surface area contributed by atoms with Gasteiger partial charge in [0, 0.05) is 43.0 Å². The van der Waals surface area contributed by atoms with Crippen molar-refractivity contribution < 1.29 is 18.0 Å². The molecule has 3 nitrogen and oxygen atoms in total.